The molecular weight excluding hydrogens is 376 g/mol. The highest BCUT2D eigenvalue weighted by Gasteiger charge is 2.79. The van der Waals surface area contributed by atoms with Gasteiger partial charge < -0.3 is 19.1 Å². The minimum Gasteiger partial charge on any atom is -0.490 e. The number of likely N-dealkylation sites (tertiary alicyclic amines) is 1. The van der Waals surface area contributed by atoms with Crippen molar-refractivity contribution in [3.05, 3.63) is 35.4 Å². The number of unbranched alkanes of at least 4 members (excludes halogenated alkanes) is 1. The van der Waals surface area contributed by atoms with Gasteiger partial charge in [0, 0.05) is 24.1 Å². The summed E-state index contributed by atoms with van der Waals surface area (Å²) in [5.41, 5.74) is 1.80. The van der Waals surface area contributed by atoms with Gasteiger partial charge in [0.25, 0.3) is 0 Å². The Morgan fingerprint density at radius 1 is 1.33 bits per heavy atom. The molecule has 30 heavy (non-hydrogen) atoms. The average molecular weight is 407 g/mol. The number of benzene rings is 1. The minimum atomic E-state index is -0.703. The lowest BCUT2D eigenvalue weighted by molar-refractivity contribution is -0.203. The van der Waals surface area contributed by atoms with Gasteiger partial charge >= 0.3 is 0 Å². The van der Waals surface area contributed by atoms with Crippen LogP contribution in [0, 0.1) is 22.7 Å². The Hall–Kier alpha value is -2.03. The van der Waals surface area contributed by atoms with Crippen LogP contribution in [0.1, 0.15) is 43.7 Å². The standard InChI is InChI=1S/C25H30N2O3/c1-4-5-12-29-18-7-6-16-13-19-23-8-9-25(28-3,17(14-23)15-26)22-24(23,10-11-27(19)2)20(16)21(18)30-22/h6-9,17,19,22H,4-5,10-14H2,1-3H3/t17-,19-,22-,23-,24+,25-/m1/s1. The molecule has 4 bridgehead atoms. The molecule has 1 aromatic rings. The molecule has 2 aliphatic heterocycles. The number of hydrogen-bond acceptors (Lipinski definition) is 5. The van der Waals surface area contributed by atoms with E-state index in [1.54, 1.807) is 7.11 Å². The molecule has 2 heterocycles. The van der Waals surface area contributed by atoms with E-state index in [-0.39, 0.29) is 22.9 Å². The van der Waals surface area contributed by atoms with Gasteiger partial charge in [-0.05, 0) is 50.9 Å². The van der Waals surface area contributed by atoms with Gasteiger partial charge in [-0.25, -0.2) is 0 Å². The van der Waals surface area contributed by atoms with E-state index in [0.717, 1.165) is 50.1 Å². The molecule has 2 spiro atoms. The van der Waals surface area contributed by atoms with Crippen molar-refractivity contribution in [2.45, 2.75) is 62.2 Å². The summed E-state index contributed by atoms with van der Waals surface area (Å²) < 4.78 is 19.3. The molecule has 0 radical (unpaired) electrons. The summed E-state index contributed by atoms with van der Waals surface area (Å²) in [6, 6.07) is 7.34. The topological polar surface area (TPSA) is 54.7 Å². The minimum absolute atomic E-state index is 0.0916. The number of likely N-dealkylation sites (N-methyl/N-ethyl adjacent to an activating group) is 1. The molecule has 158 valence electrons. The third-order valence-corrected chi connectivity index (χ3v) is 8.97. The molecule has 1 saturated heterocycles. The first-order valence-electron chi connectivity index (χ1n) is 11.4. The molecular formula is C25H30N2O3. The number of methoxy groups -OCH3 is 1. The summed E-state index contributed by atoms with van der Waals surface area (Å²) in [7, 11) is 3.98. The maximum Gasteiger partial charge on any atom is 0.166 e. The van der Waals surface area contributed by atoms with Crippen LogP contribution in [-0.2, 0) is 16.6 Å². The third-order valence-electron chi connectivity index (χ3n) is 8.97. The van der Waals surface area contributed by atoms with E-state index in [9.17, 15) is 5.26 Å². The smallest absolute Gasteiger partial charge is 0.166 e. The zero-order valence-electron chi connectivity index (χ0n) is 18.1. The van der Waals surface area contributed by atoms with Gasteiger partial charge in [0.2, 0.25) is 0 Å². The lowest BCUT2D eigenvalue weighted by atomic mass is 9.37. The van der Waals surface area contributed by atoms with Crippen molar-refractivity contribution in [3.63, 3.8) is 0 Å². The second-order valence-electron chi connectivity index (χ2n) is 9.87. The van der Waals surface area contributed by atoms with Gasteiger partial charge in [0.15, 0.2) is 11.5 Å². The van der Waals surface area contributed by atoms with E-state index >= 15 is 0 Å². The Morgan fingerprint density at radius 2 is 2.20 bits per heavy atom. The Labute approximate surface area is 178 Å². The van der Waals surface area contributed by atoms with Crippen molar-refractivity contribution in [1.82, 2.24) is 4.90 Å². The maximum absolute atomic E-state index is 10.1. The molecule has 0 unspecified atom stereocenters. The maximum atomic E-state index is 10.1. The number of nitriles is 1. The fraction of sp³-hybridized carbons (Fsp3) is 0.640. The first-order valence-corrected chi connectivity index (χ1v) is 11.4. The molecule has 6 aliphatic rings. The van der Waals surface area contributed by atoms with E-state index in [2.05, 4.69) is 49.2 Å². The molecule has 0 aromatic heterocycles. The van der Waals surface area contributed by atoms with Crippen LogP contribution in [0.5, 0.6) is 11.5 Å². The molecule has 0 amide bonds. The SMILES string of the molecule is CCCCOc1ccc2c3c1O[C@H]1[C@@]4(OC)C=C[C@@]5(C[C@@H]4C#N)[C@@H](C2)N(C)CC[C@]315. The zero-order valence-corrected chi connectivity index (χ0v) is 18.1. The van der Waals surface area contributed by atoms with Crippen LogP contribution < -0.4 is 9.47 Å². The molecule has 2 fully saturated rings. The molecule has 6 atom stereocenters. The number of rotatable bonds is 5. The number of ether oxygens (including phenoxy) is 3. The molecule has 1 saturated carbocycles. The summed E-state index contributed by atoms with van der Waals surface area (Å²) in [6.07, 6.45) is 9.39. The van der Waals surface area contributed by atoms with Crippen LogP contribution in [0.25, 0.3) is 0 Å². The Kier molecular flexibility index (Phi) is 3.76. The number of hydrogen-bond donors (Lipinski definition) is 0. The summed E-state index contributed by atoms with van der Waals surface area (Å²) >= 11 is 0. The zero-order chi connectivity index (χ0) is 20.7. The Balaban J connectivity index is 1.60. The van der Waals surface area contributed by atoms with Gasteiger partial charge in [-0.3, -0.25) is 0 Å². The lowest BCUT2D eigenvalue weighted by Crippen LogP contribution is -2.78. The van der Waals surface area contributed by atoms with Gasteiger partial charge in [-0.1, -0.05) is 31.6 Å². The van der Waals surface area contributed by atoms with Crippen molar-refractivity contribution in [2.24, 2.45) is 11.3 Å². The van der Waals surface area contributed by atoms with Crippen LogP contribution in [0.4, 0.5) is 0 Å². The normalized spacial score (nSPS) is 41.9. The van der Waals surface area contributed by atoms with Crippen LogP contribution in [0.15, 0.2) is 24.3 Å². The van der Waals surface area contributed by atoms with Crippen LogP contribution in [0.3, 0.4) is 0 Å². The highest BCUT2D eigenvalue weighted by molar-refractivity contribution is 5.65. The molecule has 4 aliphatic carbocycles. The summed E-state index contributed by atoms with van der Waals surface area (Å²) in [5.74, 6) is 1.57. The highest BCUT2D eigenvalue weighted by atomic mass is 16.6. The highest BCUT2D eigenvalue weighted by Crippen LogP contribution is 2.74. The van der Waals surface area contributed by atoms with Crippen LogP contribution in [-0.4, -0.2) is 50.0 Å². The Bertz CT molecular complexity index is 983. The van der Waals surface area contributed by atoms with E-state index in [0.29, 0.717) is 12.6 Å². The third kappa shape index (κ3) is 1.83. The molecule has 1 aromatic carbocycles. The molecule has 5 heteroatoms. The van der Waals surface area contributed by atoms with Crippen molar-refractivity contribution in [1.29, 1.82) is 5.26 Å². The van der Waals surface area contributed by atoms with Gasteiger partial charge in [-0.15, -0.1) is 0 Å². The first kappa shape index (κ1) is 18.7. The van der Waals surface area contributed by atoms with Crippen molar-refractivity contribution >= 4 is 0 Å². The Morgan fingerprint density at radius 3 is 2.97 bits per heavy atom. The van der Waals surface area contributed by atoms with Crippen molar-refractivity contribution in [3.8, 4) is 17.6 Å². The molecule has 0 N–H and O–H groups in total. The first-order chi connectivity index (χ1) is 14.6. The number of piperidine rings is 1. The van der Waals surface area contributed by atoms with E-state index in [1.165, 1.54) is 11.1 Å². The van der Waals surface area contributed by atoms with Crippen molar-refractivity contribution in [2.75, 3.05) is 27.3 Å². The average Bonchev–Trinajstić information content (AvgIpc) is 3.14. The van der Waals surface area contributed by atoms with Crippen LogP contribution >= 0.6 is 0 Å². The largest absolute Gasteiger partial charge is 0.490 e. The molecule has 7 rings (SSSR count). The monoisotopic (exact) mass is 406 g/mol. The fourth-order valence-electron chi connectivity index (χ4n) is 7.63. The summed E-state index contributed by atoms with van der Waals surface area (Å²) in [6.45, 7) is 3.92. The molecule has 5 nitrogen and oxygen atoms in total. The fourth-order valence-corrected chi connectivity index (χ4v) is 7.63. The summed E-state index contributed by atoms with van der Waals surface area (Å²) in [4.78, 5) is 2.51. The van der Waals surface area contributed by atoms with Gasteiger partial charge in [-0.2, -0.15) is 5.26 Å². The lowest BCUT2D eigenvalue weighted by Gasteiger charge is -2.70. The van der Waals surface area contributed by atoms with Crippen LogP contribution in [0.2, 0.25) is 0 Å². The van der Waals surface area contributed by atoms with Gasteiger partial charge in [0.1, 0.15) is 11.7 Å². The summed E-state index contributed by atoms with van der Waals surface area (Å²) in [5, 5.41) is 10.1. The van der Waals surface area contributed by atoms with E-state index in [4.69, 9.17) is 14.2 Å². The second kappa shape index (κ2) is 6.02. The van der Waals surface area contributed by atoms with Crippen molar-refractivity contribution < 1.29 is 14.2 Å². The predicted octanol–water partition coefficient (Wildman–Crippen LogP) is 3.61. The van der Waals surface area contributed by atoms with E-state index < -0.39 is 5.60 Å². The quantitative estimate of drug-likeness (QED) is 0.552. The number of fused-ring (bicyclic) bond motifs is 1. The second-order valence-corrected chi connectivity index (χ2v) is 9.87. The number of nitrogens with zero attached hydrogens (tertiary/aromatic N) is 2. The van der Waals surface area contributed by atoms with E-state index in [1.807, 2.05) is 0 Å². The predicted molar refractivity (Wildman–Crippen MR) is 113 cm³/mol. The van der Waals surface area contributed by atoms with Gasteiger partial charge in [0.05, 0.1) is 24.0 Å².